The Morgan fingerprint density at radius 2 is 1.84 bits per heavy atom. The monoisotopic (exact) mass is 458 g/mol. The van der Waals surface area contributed by atoms with E-state index >= 15 is 0 Å². The highest BCUT2D eigenvalue weighted by Gasteiger charge is 2.20. The Morgan fingerprint density at radius 3 is 2.52 bits per heavy atom. The normalized spacial score (nSPS) is 10.9. The van der Waals surface area contributed by atoms with Gasteiger partial charge in [0, 0.05) is 10.6 Å². The van der Waals surface area contributed by atoms with Crippen LogP contribution in [0, 0.1) is 0 Å². The smallest absolute Gasteiger partial charge is 0.413 e. The van der Waals surface area contributed by atoms with Gasteiger partial charge in [0.25, 0.3) is 0 Å². The zero-order valence-corrected chi connectivity index (χ0v) is 19.0. The lowest BCUT2D eigenvalue weighted by Crippen LogP contribution is -2.32. The number of benzene rings is 2. The van der Waals surface area contributed by atoms with Gasteiger partial charge >= 0.3 is 6.09 Å². The molecule has 162 valence electrons. The lowest BCUT2D eigenvalue weighted by molar-refractivity contribution is -0.117. The molecule has 0 saturated heterocycles. The molecule has 7 nitrogen and oxygen atoms in total. The molecule has 3 aromatic rings. The number of imide groups is 1. The second-order valence-electron chi connectivity index (χ2n) is 6.92. The highest BCUT2D eigenvalue weighted by Crippen LogP contribution is 2.32. The number of halogens is 1. The fourth-order valence-corrected chi connectivity index (χ4v) is 3.86. The summed E-state index contributed by atoms with van der Waals surface area (Å²) in [6.45, 7) is 6.10. The number of ether oxygens (including phenoxy) is 1. The summed E-state index contributed by atoms with van der Waals surface area (Å²) in [5, 5.41) is 12.1. The molecule has 0 atom stereocenters. The lowest BCUT2D eigenvalue weighted by atomic mass is 10.0. The van der Waals surface area contributed by atoms with Crippen molar-refractivity contribution in [2.75, 3.05) is 12.4 Å². The molecule has 0 aliphatic carbocycles. The van der Waals surface area contributed by atoms with Gasteiger partial charge in [-0.3, -0.25) is 14.7 Å². The van der Waals surface area contributed by atoms with Gasteiger partial charge in [0.1, 0.15) is 0 Å². The van der Waals surface area contributed by atoms with Crippen LogP contribution in [0.3, 0.4) is 0 Å². The van der Waals surface area contributed by atoms with Crippen LogP contribution in [0.25, 0.3) is 17.1 Å². The van der Waals surface area contributed by atoms with Gasteiger partial charge in [-0.25, -0.2) is 4.79 Å². The molecule has 31 heavy (non-hydrogen) atoms. The highest BCUT2D eigenvalue weighted by molar-refractivity contribution is 7.99. The number of rotatable bonds is 7. The molecule has 0 bridgehead atoms. The van der Waals surface area contributed by atoms with Gasteiger partial charge in [0.15, 0.2) is 11.0 Å². The van der Waals surface area contributed by atoms with E-state index in [9.17, 15) is 9.59 Å². The molecule has 0 saturated carbocycles. The van der Waals surface area contributed by atoms with E-state index in [4.69, 9.17) is 16.3 Å². The molecule has 1 heterocycles. The van der Waals surface area contributed by atoms with E-state index in [1.54, 1.807) is 19.1 Å². The van der Waals surface area contributed by atoms with Crippen molar-refractivity contribution in [1.82, 2.24) is 20.1 Å². The maximum absolute atomic E-state index is 12.1. The highest BCUT2D eigenvalue weighted by atomic mass is 35.5. The van der Waals surface area contributed by atoms with Crippen LogP contribution >= 0.6 is 23.4 Å². The largest absolute Gasteiger partial charge is 0.450 e. The van der Waals surface area contributed by atoms with Crippen LogP contribution in [0.1, 0.15) is 32.3 Å². The first-order chi connectivity index (χ1) is 14.9. The van der Waals surface area contributed by atoms with Crippen LogP contribution in [0.2, 0.25) is 5.02 Å². The lowest BCUT2D eigenvalue weighted by Gasteiger charge is -2.17. The first kappa shape index (κ1) is 22.8. The maximum atomic E-state index is 12.1. The zero-order valence-electron chi connectivity index (χ0n) is 17.5. The number of hydrogen-bond acceptors (Lipinski definition) is 6. The second-order valence-corrected chi connectivity index (χ2v) is 8.30. The summed E-state index contributed by atoms with van der Waals surface area (Å²) in [5.41, 5.74) is 2.90. The van der Waals surface area contributed by atoms with Crippen molar-refractivity contribution < 1.29 is 14.3 Å². The van der Waals surface area contributed by atoms with Gasteiger partial charge in [0.2, 0.25) is 5.91 Å². The number of alkyl carbamates (subject to hydrolysis) is 1. The third-order valence-electron chi connectivity index (χ3n) is 4.38. The van der Waals surface area contributed by atoms with Crippen LogP contribution in [0.15, 0.2) is 53.7 Å². The molecule has 0 fully saturated rings. The van der Waals surface area contributed by atoms with E-state index < -0.39 is 12.0 Å². The van der Waals surface area contributed by atoms with Crippen molar-refractivity contribution in [3.8, 4) is 17.1 Å². The fourth-order valence-electron chi connectivity index (χ4n) is 2.99. The molecule has 2 aromatic carbocycles. The number of para-hydroxylation sites is 1. The van der Waals surface area contributed by atoms with Gasteiger partial charge in [-0.15, -0.1) is 10.2 Å². The van der Waals surface area contributed by atoms with Crippen molar-refractivity contribution in [3.63, 3.8) is 0 Å². The van der Waals surface area contributed by atoms with Gasteiger partial charge in [-0.05, 0) is 48.7 Å². The molecule has 3 rings (SSSR count). The van der Waals surface area contributed by atoms with Crippen molar-refractivity contribution in [2.24, 2.45) is 0 Å². The van der Waals surface area contributed by atoms with Gasteiger partial charge in [-0.2, -0.15) is 0 Å². The number of nitrogens with one attached hydrogen (secondary N) is 1. The minimum Gasteiger partial charge on any atom is -0.450 e. The first-order valence-corrected chi connectivity index (χ1v) is 11.2. The topological polar surface area (TPSA) is 86.1 Å². The summed E-state index contributed by atoms with van der Waals surface area (Å²) in [7, 11) is 0. The summed E-state index contributed by atoms with van der Waals surface area (Å²) in [6.07, 6.45) is -0.762. The van der Waals surface area contributed by atoms with E-state index in [0.717, 1.165) is 16.8 Å². The fraction of sp³-hybridized carbons (Fsp3) is 0.273. The number of aromatic nitrogens is 3. The van der Waals surface area contributed by atoms with Crippen molar-refractivity contribution in [2.45, 2.75) is 31.8 Å². The quantitative estimate of drug-likeness (QED) is 0.497. The Bertz CT molecular complexity index is 1070. The van der Waals surface area contributed by atoms with Crippen molar-refractivity contribution >= 4 is 35.4 Å². The average Bonchev–Trinajstić information content (AvgIpc) is 3.16. The minimum absolute atomic E-state index is 0.0125. The van der Waals surface area contributed by atoms with Gasteiger partial charge < -0.3 is 4.74 Å². The molecule has 0 aliphatic heterocycles. The van der Waals surface area contributed by atoms with Crippen LogP contribution < -0.4 is 5.32 Å². The van der Waals surface area contributed by atoms with Crippen LogP contribution in [0.5, 0.6) is 0 Å². The summed E-state index contributed by atoms with van der Waals surface area (Å²) in [6, 6.07) is 15.4. The van der Waals surface area contributed by atoms with Crippen LogP contribution in [-0.2, 0) is 9.53 Å². The molecule has 0 radical (unpaired) electrons. The number of hydrogen-bond donors (Lipinski definition) is 1. The number of thioether (sulfide) groups is 1. The molecular weight excluding hydrogens is 436 g/mol. The van der Waals surface area contributed by atoms with Gasteiger partial charge in [0.05, 0.1) is 18.0 Å². The van der Waals surface area contributed by atoms with E-state index in [2.05, 4.69) is 35.4 Å². The zero-order chi connectivity index (χ0) is 22.4. The third-order valence-corrected chi connectivity index (χ3v) is 5.57. The first-order valence-electron chi connectivity index (χ1n) is 9.80. The van der Waals surface area contributed by atoms with Crippen molar-refractivity contribution in [1.29, 1.82) is 0 Å². The number of nitrogens with zero attached hydrogens (tertiary/aromatic N) is 3. The van der Waals surface area contributed by atoms with Crippen LogP contribution in [-0.4, -0.2) is 39.1 Å². The molecule has 1 aromatic heterocycles. The maximum Gasteiger partial charge on any atom is 0.413 e. The van der Waals surface area contributed by atoms with E-state index in [1.165, 1.54) is 11.8 Å². The minimum atomic E-state index is -0.762. The Morgan fingerprint density at radius 1 is 1.13 bits per heavy atom. The Kier molecular flexibility index (Phi) is 7.70. The Labute approximate surface area is 190 Å². The van der Waals surface area contributed by atoms with Gasteiger partial charge in [-0.1, -0.05) is 55.4 Å². The number of carbonyl (C=O) groups is 2. The Hall–Kier alpha value is -2.84. The number of carbonyl (C=O) groups excluding carboxylic acids is 2. The summed E-state index contributed by atoms with van der Waals surface area (Å²) in [5.74, 6) is 0.421. The summed E-state index contributed by atoms with van der Waals surface area (Å²) >= 11 is 7.24. The second kappa shape index (κ2) is 10.5. The predicted molar refractivity (Wildman–Crippen MR) is 122 cm³/mol. The summed E-state index contributed by atoms with van der Waals surface area (Å²) < 4.78 is 6.68. The molecule has 0 aliphatic rings. The molecule has 1 N–H and O–H groups in total. The molecule has 9 heteroatoms. The third kappa shape index (κ3) is 5.65. The van der Waals surface area contributed by atoms with Crippen LogP contribution in [0.4, 0.5) is 4.79 Å². The summed E-state index contributed by atoms with van der Waals surface area (Å²) in [4.78, 5) is 23.6. The molecular formula is C22H23ClN4O3S. The van der Waals surface area contributed by atoms with E-state index in [0.29, 0.717) is 16.0 Å². The molecule has 2 amide bonds. The van der Waals surface area contributed by atoms with Crippen molar-refractivity contribution in [3.05, 3.63) is 59.1 Å². The predicted octanol–water partition coefficient (Wildman–Crippen LogP) is 5.08. The molecule has 0 spiro atoms. The average molecular weight is 459 g/mol. The van der Waals surface area contributed by atoms with E-state index in [1.807, 2.05) is 34.9 Å². The number of amides is 2. The van der Waals surface area contributed by atoms with E-state index in [-0.39, 0.29) is 18.3 Å². The Balaban J connectivity index is 1.98. The standard InChI is InChI=1S/C22H23ClN4O3S/c1-4-30-22(29)24-19(28)13-31-21-26-25-20(15-9-11-16(23)12-10-15)27(21)18-8-6-5-7-17(18)14(2)3/h5-12,14H,4,13H2,1-3H3,(H,24,28,29). The SMILES string of the molecule is CCOC(=O)NC(=O)CSc1nnc(-c2ccc(Cl)cc2)n1-c1ccccc1C(C)C. The molecule has 0 unspecified atom stereocenters.